The summed E-state index contributed by atoms with van der Waals surface area (Å²) in [6.45, 7) is 9.53. The molecule has 2 aliphatic heterocycles. The molecule has 0 aromatic rings. The monoisotopic (exact) mass is 239 g/mol. The van der Waals surface area contributed by atoms with Crippen LogP contribution in [0.1, 0.15) is 46.5 Å². The molecule has 0 unspecified atom stereocenters. The van der Waals surface area contributed by atoms with E-state index in [9.17, 15) is 0 Å². The van der Waals surface area contributed by atoms with Crippen LogP contribution in [0.25, 0.3) is 0 Å². The summed E-state index contributed by atoms with van der Waals surface area (Å²) < 4.78 is 0. The van der Waals surface area contributed by atoms with E-state index >= 15 is 0 Å². The van der Waals surface area contributed by atoms with Crippen molar-refractivity contribution in [2.75, 3.05) is 19.8 Å². The van der Waals surface area contributed by atoms with Crippen molar-refractivity contribution in [1.29, 1.82) is 0 Å². The van der Waals surface area contributed by atoms with E-state index < -0.39 is 0 Å². The van der Waals surface area contributed by atoms with E-state index in [-0.39, 0.29) is 0 Å². The van der Waals surface area contributed by atoms with Crippen molar-refractivity contribution in [1.82, 2.24) is 10.0 Å². The molecule has 98 valence electrons. The summed E-state index contributed by atoms with van der Waals surface area (Å²) >= 11 is 0. The normalized spacial score (nSPS) is 23.1. The molecular weight excluding hydrogens is 214 g/mol. The average molecular weight is 239 g/mol. The number of amidine groups is 1. The fourth-order valence-electron chi connectivity index (χ4n) is 2.75. The highest BCUT2D eigenvalue weighted by molar-refractivity contribution is 5.83. The highest BCUT2D eigenvalue weighted by atomic mass is 16.7. The summed E-state index contributed by atoms with van der Waals surface area (Å²) in [5, 5.41) is 8.79. The molecule has 0 aromatic carbocycles. The molecule has 4 heteroatoms. The Labute approximate surface area is 105 Å². The van der Waals surface area contributed by atoms with Crippen LogP contribution in [-0.2, 0) is 4.84 Å². The molecule has 4 nitrogen and oxygen atoms in total. The topological polar surface area (TPSA) is 28.1 Å². The third-order valence-corrected chi connectivity index (χ3v) is 3.75. The highest BCUT2D eigenvalue weighted by Crippen LogP contribution is 2.24. The van der Waals surface area contributed by atoms with Crippen LogP contribution in [0.2, 0.25) is 0 Å². The van der Waals surface area contributed by atoms with Gasteiger partial charge in [0, 0.05) is 19.0 Å². The minimum absolute atomic E-state index is 0.436. The van der Waals surface area contributed by atoms with Crippen molar-refractivity contribution in [3.63, 3.8) is 0 Å². The maximum atomic E-state index is 5.23. The molecule has 2 aliphatic rings. The first-order chi connectivity index (χ1) is 8.22. The molecular formula is C13H25N3O. The Kier molecular flexibility index (Phi) is 4.26. The van der Waals surface area contributed by atoms with Crippen LogP contribution in [0.3, 0.4) is 0 Å². The van der Waals surface area contributed by atoms with Gasteiger partial charge in [0.15, 0.2) is 5.84 Å². The second kappa shape index (κ2) is 5.71. The van der Waals surface area contributed by atoms with Gasteiger partial charge in [-0.05, 0) is 18.8 Å². The van der Waals surface area contributed by atoms with Crippen molar-refractivity contribution >= 4 is 5.84 Å². The molecule has 0 saturated carbocycles. The van der Waals surface area contributed by atoms with Gasteiger partial charge in [0.05, 0.1) is 0 Å². The number of piperidine rings is 1. The van der Waals surface area contributed by atoms with E-state index in [0.29, 0.717) is 12.6 Å². The summed E-state index contributed by atoms with van der Waals surface area (Å²) in [5.41, 5.74) is 0. The Morgan fingerprint density at radius 2 is 2.06 bits per heavy atom. The zero-order valence-corrected chi connectivity index (χ0v) is 11.4. The zero-order chi connectivity index (χ0) is 12.3. The lowest BCUT2D eigenvalue weighted by Gasteiger charge is -2.38. The molecule has 0 radical (unpaired) electrons. The number of hydrogen-bond donors (Lipinski definition) is 0. The quantitative estimate of drug-likeness (QED) is 0.755. The van der Waals surface area contributed by atoms with Gasteiger partial charge >= 0.3 is 0 Å². The summed E-state index contributed by atoms with van der Waals surface area (Å²) in [6, 6.07) is 0. The lowest BCUT2D eigenvalue weighted by Crippen LogP contribution is -2.49. The fraction of sp³-hybridized carbons (Fsp3) is 0.923. The van der Waals surface area contributed by atoms with Crippen LogP contribution < -0.4 is 0 Å². The summed E-state index contributed by atoms with van der Waals surface area (Å²) in [6.07, 6.45) is 5.33. The average Bonchev–Trinajstić information content (AvgIpc) is 2.79. The Morgan fingerprint density at radius 1 is 1.35 bits per heavy atom. The molecule has 17 heavy (non-hydrogen) atoms. The van der Waals surface area contributed by atoms with Gasteiger partial charge in [-0.1, -0.05) is 38.8 Å². The third kappa shape index (κ3) is 2.92. The predicted molar refractivity (Wildman–Crippen MR) is 69.3 cm³/mol. The molecule has 2 rings (SSSR count). The summed E-state index contributed by atoms with van der Waals surface area (Å²) in [7, 11) is 0. The largest absolute Gasteiger partial charge is 0.371 e. The third-order valence-electron chi connectivity index (χ3n) is 3.75. The molecule has 0 N–H and O–H groups in total. The predicted octanol–water partition coefficient (Wildman–Crippen LogP) is 2.67. The van der Waals surface area contributed by atoms with E-state index in [1.165, 1.54) is 25.7 Å². The lowest BCUT2D eigenvalue weighted by molar-refractivity contribution is -0.0433. The molecule has 0 atom stereocenters. The van der Waals surface area contributed by atoms with Gasteiger partial charge in [0.1, 0.15) is 0 Å². The standard InChI is InChI=1S/C13H25N3O/c1-4-5-12-6-8-15(9-7-12)16-10-17-14-13(16)11(2)3/h11-12H,4-10H2,1-3H3. The van der Waals surface area contributed by atoms with E-state index in [4.69, 9.17) is 4.84 Å². The van der Waals surface area contributed by atoms with Crippen LogP contribution in [-0.4, -0.2) is 35.7 Å². The Morgan fingerprint density at radius 3 is 2.65 bits per heavy atom. The molecule has 1 fully saturated rings. The zero-order valence-electron chi connectivity index (χ0n) is 11.4. The van der Waals surface area contributed by atoms with Crippen LogP contribution in [0, 0.1) is 11.8 Å². The van der Waals surface area contributed by atoms with Crippen molar-refractivity contribution in [2.45, 2.75) is 46.5 Å². The van der Waals surface area contributed by atoms with Crippen LogP contribution in [0.4, 0.5) is 0 Å². The number of oxime groups is 1. The van der Waals surface area contributed by atoms with Crippen LogP contribution >= 0.6 is 0 Å². The van der Waals surface area contributed by atoms with Gasteiger partial charge in [0.2, 0.25) is 6.73 Å². The number of nitrogens with zero attached hydrogens (tertiary/aromatic N) is 3. The van der Waals surface area contributed by atoms with Crippen molar-refractivity contribution in [3.05, 3.63) is 0 Å². The second-order valence-electron chi connectivity index (χ2n) is 5.45. The Hall–Kier alpha value is -0.770. The van der Waals surface area contributed by atoms with Gasteiger partial charge in [-0.15, -0.1) is 0 Å². The van der Waals surface area contributed by atoms with Crippen LogP contribution in [0.5, 0.6) is 0 Å². The maximum absolute atomic E-state index is 5.23. The van der Waals surface area contributed by atoms with Crippen LogP contribution in [0.15, 0.2) is 5.16 Å². The highest BCUT2D eigenvalue weighted by Gasteiger charge is 2.30. The number of hydrogen-bond acceptors (Lipinski definition) is 4. The Bertz CT molecular complexity index is 270. The van der Waals surface area contributed by atoms with Crippen molar-refractivity contribution in [2.24, 2.45) is 17.0 Å². The second-order valence-corrected chi connectivity index (χ2v) is 5.45. The molecule has 0 amide bonds. The molecule has 1 saturated heterocycles. The first-order valence-electron chi connectivity index (χ1n) is 6.94. The van der Waals surface area contributed by atoms with Crippen molar-refractivity contribution in [3.8, 4) is 0 Å². The summed E-state index contributed by atoms with van der Waals surface area (Å²) in [5.74, 6) is 2.45. The summed E-state index contributed by atoms with van der Waals surface area (Å²) in [4.78, 5) is 5.23. The van der Waals surface area contributed by atoms with E-state index in [0.717, 1.165) is 24.8 Å². The number of hydrazine groups is 1. The molecule has 2 heterocycles. The number of rotatable bonds is 4. The maximum Gasteiger partial charge on any atom is 0.204 e. The van der Waals surface area contributed by atoms with Gasteiger partial charge < -0.3 is 4.84 Å². The van der Waals surface area contributed by atoms with E-state index in [1.807, 2.05) is 0 Å². The molecule has 0 spiro atoms. The fourth-order valence-corrected chi connectivity index (χ4v) is 2.75. The van der Waals surface area contributed by atoms with E-state index in [2.05, 4.69) is 35.9 Å². The first-order valence-corrected chi connectivity index (χ1v) is 6.94. The van der Waals surface area contributed by atoms with Gasteiger partial charge in [-0.25, -0.2) is 5.01 Å². The lowest BCUT2D eigenvalue weighted by atomic mass is 9.93. The smallest absolute Gasteiger partial charge is 0.204 e. The van der Waals surface area contributed by atoms with Gasteiger partial charge in [-0.2, -0.15) is 0 Å². The molecule has 0 bridgehead atoms. The van der Waals surface area contributed by atoms with Crippen molar-refractivity contribution < 1.29 is 4.84 Å². The van der Waals surface area contributed by atoms with E-state index in [1.54, 1.807) is 0 Å². The molecule has 0 aliphatic carbocycles. The Balaban J connectivity index is 1.86. The SMILES string of the molecule is CCCC1CCN(N2CON=C2C(C)C)CC1. The van der Waals surface area contributed by atoms with Gasteiger partial charge in [0.25, 0.3) is 0 Å². The first kappa shape index (κ1) is 12.7. The molecule has 0 aromatic heterocycles. The minimum atomic E-state index is 0.436. The van der Waals surface area contributed by atoms with Gasteiger partial charge in [-0.3, -0.25) is 5.01 Å². The minimum Gasteiger partial charge on any atom is -0.371 e.